The van der Waals surface area contributed by atoms with Gasteiger partial charge in [0.25, 0.3) is 0 Å². The molecule has 0 radical (unpaired) electrons. The van der Waals surface area contributed by atoms with Crippen LogP contribution in [0.15, 0.2) is 36.9 Å². The van der Waals surface area contributed by atoms with Crippen LogP contribution in [0.3, 0.4) is 0 Å². The third-order valence-corrected chi connectivity index (χ3v) is 6.46. The average Bonchev–Trinajstić information content (AvgIpc) is 3.37. The van der Waals surface area contributed by atoms with Gasteiger partial charge < -0.3 is 10.2 Å². The number of piperidine rings is 1. The number of hydrogen-bond donors (Lipinski definition) is 1. The lowest BCUT2D eigenvalue weighted by Crippen LogP contribution is -2.56. The second-order valence-electron chi connectivity index (χ2n) is 8.44. The first-order chi connectivity index (χ1) is 16.3. The van der Waals surface area contributed by atoms with Gasteiger partial charge in [-0.1, -0.05) is 13.0 Å². The van der Waals surface area contributed by atoms with Crippen LogP contribution in [0.1, 0.15) is 54.1 Å². The van der Waals surface area contributed by atoms with Gasteiger partial charge in [0.2, 0.25) is 5.95 Å². The average molecular weight is 474 g/mol. The molecule has 8 nitrogen and oxygen atoms in total. The largest absolute Gasteiger partial charge is 0.419 e. The third kappa shape index (κ3) is 4.46. The monoisotopic (exact) mass is 473 g/mol. The number of aryl methyl sites for hydroxylation is 1. The molecule has 0 spiro atoms. The molecular formula is C23H26F3N7O. The highest BCUT2D eigenvalue weighted by molar-refractivity contribution is 5.87. The lowest BCUT2D eigenvalue weighted by molar-refractivity contribution is -0.138. The predicted molar refractivity (Wildman–Crippen MR) is 121 cm³/mol. The topological polar surface area (TPSA) is 88.8 Å². The number of anilines is 2. The Morgan fingerprint density at radius 2 is 1.82 bits per heavy atom. The van der Waals surface area contributed by atoms with Gasteiger partial charge in [0.05, 0.1) is 29.2 Å². The summed E-state index contributed by atoms with van der Waals surface area (Å²) in [4.78, 5) is 23.4. The van der Waals surface area contributed by atoms with E-state index in [1.807, 2.05) is 13.0 Å². The van der Waals surface area contributed by atoms with Gasteiger partial charge in [-0.25, -0.2) is 9.97 Å². The number of benzene rings is 1. The zero-order valence-corrected chi connectivity index (χ0v) is 19.0. The zero-order valence-electron chi connectivity index (χ0n) is 19.0. The van der Waals surface area contributed by atoms with Gasteiger partial charge in [0.15, 0.2) is 6.29 Å². The maximum absolute atomic E-state index is 12.9. The van der Waals surface area contributed by atoms with Crippen molar-refractivity contribution in [2.45, 2.75) is 51.2 Å². The summed E-state index contributed by atoms with van der Waals surface area (Å²) in [6, 6.07) is 3.67. The fraction of sp³-hybridized carbons (Fsp3) is 0.435. The van der Waals surface area contributed by atoms with Crippen LogP contribution >= 0.6 is 0 Å². The van der Waals surface area contributed by atoms with E-state index >= 15 is 0 Å². The number of rotatable bonds is 7. The molecule has 11 heteroatoms. The summed E-state index contributed by atoms with van der Waals surface area (Å²) in [5, 5.41) is 11.7. The van der Waals surface area contributed by atoms with Crippen molar-refractivity contribution in [3.63, 3.8) is 0 Å². The number of halogens is 3. The van der Waals surface area contributed by atoms with E-state index in [1.165, 1.54) is 4.80 Å². The molecule has 0 saturated carbocycles. The molecule has 0 bridgehead atoms. The van der Waals surface area contributed by atoms with Gasteiger partial charge in [-0.05, 0) is 44.2 Å². The number of nitrogens with one attached hydrogen (secondary N) is 1. The van der Waals surface area contributed by atoms with Crippen LogP contribution in [-0.4, -0.2) is 49.9 Å². The van der Waals surface area contributed by atoms with E-state index in [9.17, 15) is 18.0 Å². The van der Waals surface area contributed by atoms with E-state index in [-0.39, 0.29) is 11.5 Å². The molecule has 1 atom stereocenters. The van der Waals surface area contributed by atoms with Crippen molar-refractivity contribution in [1.82, 2.24) is 25.0 Å². The van der Waals surface area contributed by atoms with Gasteiger partial charge >= 0.3 is 6.18 Å². The molecule has 0 amide bonds. The van der Waals surface area contributed by atoms with Gasteiger partial charge in [-0.15, -0.1) is 4.80 Å². The summed E-state index contributed by atoms with van der Waals surface area (Å²) in [7, 11) is 0. The second kappa shape index (κ2) is 9.40. The van der Waals surface area contributed by atoms with E-state index in [0.717, 1.165) is 62.2 Å². The van der Waals surface area contributed by atoms with E-state index < -0.39 is 11.7 Å². The molecule has 1 aromatic carbocycles. The summed E-state index contributed by atoms with van der Waals surface area (Å²) in [6.45, 7) is 5.24. The zero-order chi connectivity index (χ0) is 24.3. The standard InChI is InChI=1S/C23H26F3N7O/c1-3-22(15-29-21-27-12-18(13-28-21)23(24,25)26)8-4-5-11-32(22)19-16(2)6-7-17(14-34)20(19)33-30-9-10-31-33/h6-7,9-10,12-14H,3-5,8,11,15H2,1-2H3,(H,27,28,29). The molecule has 34 heavy (non-hydrogen) atoms. The minimum atomic E-state index is -4.48. The molecule has 180 valence electrons. The lowest BCUT2D eigenvalue weighted by atomic mass is 9.82. The fourth-order valence-electron chi connectivity index (χ4n) is 4.60. The predicted octanol–water partition coefficient (Wildman–Crippen LogP) is 4.45. The van der Waals surface area contributed by atoms with Crippen molar-refractivity contribution in [3.8, 4) is 5.69 Å². The van der Waals surface area contributed by atoms with E-state index in [0.29, 0.717) is 17.8 Å². The van der Waals surface area contributed by atoms with Gasteiger partial charge in [0, 0.05) is 31.0 Å². The highest BCUT2D eigenvalue weighted by Crippen LogP contribution is 2.41. The number of carbonyl (C=O) groups excluding carboxylic acids is 1. The molecule has 3 heterocycles. The Bertz CT molecular complexity index is 1130. The van der Waals surface area contributed by atoms with E-state index in [4.69, 9.17) is 0 Å². The van der Waals surface area contributed by atoms with Crippen LogP contribution in [-0.2, 0) is 6.18 Å². The van der Waals surface area contributed by atoms with Crippen LogP contribution in [0.25, 0.3) is 5.69 Å². The first kappa shape index (κ1) is 23.7. The molecule has 3 aromatic rings. The summed E-state index contributed by atoms with van der Waals surface area (Å²) in [5.41, 5.74) is 1.68. The van der Waals surface area contributed by atoms with Crippen LogP contribution in [0.2, 0.25) is 0 Å². The molecule has 1 saturated heterocycles. The molecule has 0 aliphatic carbocycles. The summed E-state index contributed by atoms with van der Waals surface area (Å²) < 4.78 is 38.6. The minimum Gasteiger partial charge on any atom is -0.362 e. The molecule has 1 aliphatic heterocycles. The number of nitrogens with zero attached hydrogens (tertiary/aromatic N) is 6. The first-order valence-corrected chi connectivity index (χ1v) is 11.2. The number of aldehydes is 1. The number of alkyl halides is 3. The Morgan fingerprint density at radius 3 is 2.44 bits per heavy atom. The van der Waals surface area contributed by atoms with Crippen molar-refractivity contribution in [1.29, 1.82) is 0 Å². The number of aromatic nitrogens is 5. The molecule has 1 unspecified atom stereocenters. The molecule has 1 fully saturated rings. The molecule has 4 rings (SSSR count). The lowest BCUT2D eigenvalue weighted by Gasteiger charge is -2.49. The molecule has 1 N–H and O–H groups in total. The quantitative estimate of drug-likeness (QED) is 0.507. The second-order valence-corrected chi connectivity index (χ2v) is 8.44. The number of hydrogen-bond acceptors (Lipinski definition) is 7. The van der Waals surface area contributed by atoms with Crippen molar-refractivity contribution in [2.24, 2.45) is 0 Å². The minimum absolute atomic E-state index is 0.138. The highest BCUT2D eigenvalue weighted by Gasteiger charge is 2.40. The normalized spacial score (nSPS) is 18.7. The maximum atomic E-state index is 12.9. The first-order valence-electron chi connectivity index (χ1n) is 11.2. The Morgan fingerprint density at radius 1 is 1.12 bits per heavy atom. The Labute approximate surface area is 195 Å². The van der Waals surface area contributed by atoms with Crippen LogP contribution in [0, 0.1) is 6.92 Å². The summed E-state index contributed by atoms with van der Waals surface area (Å²) >= 11 is 0. The van der Waals surface area contributed by atoms with Crippen molar-refractivity contribution in [3.05, 3.63) is 53.6 Å². The van der Waals surface area contributed by atoms with E-state index in [1.54, 1.807) is 18.5 Å². The third-order valence-electron chi connectivity index (χ3n) is 6.46. The van der Waals surface area contributed by atoms with Crippen LogP contribution < -0.4 is 10.2 Å². The van der Waals surface area contributed by atoms with Crippen molar-refractivity contribution < 1.29 is 18.0 Å². The van der Waals surface area contributed by atoms with Crippen LogP contribution in [0.4, 0.5) is 24.8 Å². The summed E-state index contributed by atoms with van der Waals surface area (Å²) in [6.07, 6.45) is 4.59. The Kier molecular flexibility index (Phi) is 6.54. The SMILES string of the molecule is CCC1(CNc2ncc(C(F)(F)F)cn2)CCCCN1c1c(C)ccc(C=O)c1-n1nccn1. The van der Waals surface area contributed by atoms with Gasteiger partial charge in [0.1, 0.15) is 5.69 Å². The molecule has 1 aliphatic rings. The fourth-order valence-corrected chi connectivity index (χ4v) is 4.60. The van der Waals surface area contributed by atoms with Crippen LogP contribution in [0.5, 0.6) is 0 Å². The summed E-state index contributed by atoms with van der Waals surface area (Å²) in [5.74, 6) is 0.138. The maximum Gasteiger partial charge on any atom is 0.419 e. The van der Waals surface area contributed by atoms with Crippen molar-refractivity contribution >= 4 is 17.9 Å². The highest BCUT2D eigenvalue weighted by atomic mass is 19.4. The van der Waals surface area contributed by atoms with Gasteiger partial charge in [-0.3, -0.25) is 4.79 Å². The Hall–Kier alpha value is -3.50. The Balaban J connectivity index is 1.71. The smallest absolute Gasteiger partial charge is 0.362 e. The number of carbonyl (C=O) groups is 1. The molecular weight excluding hydrogens is 447 g/mol. The van der Waals surface area contributed by atoms with E-state index in [2.05, 4.69) is 37.3 Å². The van der Waals surface area contributed by atoms with Crippen molar-refractivity contribution in [2.75, 3.05) is 23.3 Å². The van der Waals surface area contributed by atoms with Gasteiger partial charge in [-0.2, -0.15) is 23.4 Å². The molecule has 2 aromatic heterocycles.